The molecule has 2 aromatic rings. The predicted molar refractivity (Wildman–Crippen MR) is 113 cm³/mol. The van der Waals surface area contributed by atoms with Gasteiger partial charge in [0, 0.05) is 11.6 Å². The molecule has 26 heavy (non-hydrogen) atoms. The molecule has 2 N–H and O–H groups in total. The topological polar surface area (TPSA) is 32.3 Å². The Morgan fingerprint density at radius 1 is 0.923 bits per heavy atom. The fraction of sp³-hybridized carbons (Fsp3) is 0.478. The van der Waals surface area contributed by atoms with Gasteiger partial charge in [-0.15, -0.1) is 12.4 Å². The molecule has 2 aromatic carbocycles. The molecular formula is C23H32ClNO. The maximum absolute atomic E-state index is 10.3. The van der Waals surface area contributed by atoms with Crippen LogP contribution in [0.4, 0.5) is 0 Å². The van der Waals surface area contributed by atoms with Gasteiger partial charge >= 0.3 is 0 Å². The highest BCUT2D eigenvalue weighted by molar-refractivity contribution is 5.85. The van der Waals surface area contributed by atoms with Gasteiger partial charge in [-0.3, -0.25) is 0 Å². The largest absolute Gasteiger partial charge is 0.392 e. The maximum Gasteiger partial charge on any atom is 0.0693 e. The highest BCUT2D eigenvalue weighted by Crippen LogP contribution is 2.29. The minimum absolute atomic E-state index is 0. The number of aliphatic hydroxyl groups excluding tert-OH is 1. The average Bonchev–Trinajstić information content (AvgIpc) is 2.58. The first-order chi connectivity index (χ1) is 11.9. The van der Waals surface area contributed by atoms with Gasteiger partial charge in [0.25, 0.3) is 0 Å². The Balaban J connectivity index is 0.00000243. The normalized spacial score (nSPS) is 23.3. The van der Waals surface area contributed by atoms with E-state index < -0.39 is 0 Å². The lowest BCUT2D eigenvalue weighted by molar-refractivity contribution is 0.0580. The van der Waals surface area contributed by atoms with Crippen molar-refractivity contribution in [3.8, 4) is 11.1 Å². The molecule has 0 bridgehead atoms. The zero-order valence-electron chi connectivity index (χ0n) is 16.1. The Morgan fingerprint density at radius 2 is 1.54 bits per heavy atom. The second-order valence-corrected chi connectivity index (χ2v) is 8.51. The Kier molecular flexibility index (Phi) is 7.28. The van der Waals surface area contributed by atoms with Crippen molar-refractivity contribution in [1.29, 1.82) is 0 Å². The van der Waals surface area contributed by atoms with Crippen molar-refractivity contribution < 1.29 is 5.11 Å². The van der Waals surface area contributed by atoms with E-state index in [0.29, 0.717) is 5.92 Å². The summed E-state index contributed by atoms with van der Waals surface area (Å²) in [6.45, 7) is 6.52. The van der Waals surface area contributed by atoms with Crippen molar-refractivity contribution in [3.63, 3.8) is 0 Å². The van der Waals surface area contributed by atoms with E-state index in [1.165, 1.54) is 16.7 Å². The Bertz CT molecular complexity index is 663. The molecule has 0 spiro atoms. The quantitative estimate of drug-likeness (QED) is 0.768. The monoisotopic (exact) mass is 373 g/mol. The van der Waals surface area contributed by atoms with Crippen LogP contribution in [-0.2, 0) is 6.42 Å². The van der Waals surface area contributed by atoms with Gasteiger partial charge in [0.2, 0.25) is 0 Å². The summed E-state index contributed by atoms with van der Waals surface area (Å²) >= 11 is 0. The lowest BCUT2D eigenvalue weighted by Crippen LogP contribution is -2.52. The number of benzene rings is 2. The van der Waals surface area contributed by atoms with Crippen LogP contribution >= 0.6 is 12.4 Å². The molecule has 0 saturated heterocycles. The molecule has 0 aliphatic heterocycles. The SMILES string of the molecule is CC(C)(C)N[C@H]1C[C@H](Cc2ccc(-c3ccccc3)cc2)CC[C@@H]1O.Cl. The highest BCUT2D eigenvalue weighted by atomic mass is 35.5. The summed E-state index contributed by atoms with van der Waals surface area (Å²) in [6.07, 6.45) is 3.96. The van der Waals surface area contributed by atoms with E-state index in [9.17, 15) is 5.11 Å². The van der Waals surface area contributed by atoms with Crippen LogP contribution < -0.4 is 5.32 Å². The molecule has 0 aromatic heterocycles. The fourth-order valence-electron chi connectivity index (χ4n) is 3.94. The third-order valence-electron chi connectivity index (χ3n) is 5.13. The van der Waals surface area contributed by atoms with Crippen LogP contribution in [-0.4, -0.2) is 22.8 Å². The summed E-state index contributed by atoms with van der Waals surface area (Å²) in [5, 5.41) is 13.9. The summed E-state index contributed by atoms with van der Waals surface area (Å²) in [5.41, 5.74) is 3.99. The Hall–Kier alpha value is -1.35. The smallest absolute Gasteiger partial charge is 0.0693 e. The van der Waals surface area contributed by atoms with E-state index >= 15 is 0 Å². The van der Waals surface area contributed by atoms with Crippen molar-refractivity contribution in [1.82, 2.24) is 5.32 Å². The van der Waals surface area contributed by atoms with Gasteiger partial charge < -0.3 is 10.4 Å². The summed E-state index contributed by atoms with van der Waals surface area (Å²) in [7, 11) is 0. The third kappa shape index (κ3) is 5.84. The van der Waals surface area contributed by atoms with Gasteiger partial charge in [0.1, 0.15) is 0 Å². The van der Waals surface area contributed by atoms with E-state index in [2.05, 4.69) is 80.7 Å². The molecular weight excluding hydrogens is 342 g/mol. The molecule has 2 nitrogen and oxygen atoms in total. The molecule has 1 aliphatic carbocycles. The fourth-order valence-corrected chi connectivity index (χ4v) is 3.94. The lowest BCUT2D eigenvalue weighted by Gasteiger charge is -2.38. The van der Waals surface area contributed by atoms with Crippen molar-refractivity contribution in [2.45, 2.75) is 64.1 Å². The first kappa shape index (κ1) is 21.0. The van der Waals surface area contributed by atoms with Gasteiger partial charge in [-0.2, -0.15) is 0 Å². The molecule has 3 atom stereocenters. The molecule has 1 fully saturated rings. The van der Waals surface area contributed by atoms with Crippen LogP contribution in [0.1, 0.15) is 45.6 Å². The van der Waals surface area contributed by atoms with E-state index in [4.69, 9.17) is 0 Å². The average molecular weight is 374 g/mol. The molecule has 1 aliphatic rings. The number of halogens is 1. The summed E-state index contributed by atoms with van der Waals surface area (Å²) in [4.78, 5) is 0. The number of hydrogen-bond donors (Lipinski definition) is 2. The predicted octanol–water partition coefficient (Wildman–Crippen LogP) is 5.24. The van der Waals surface area contributed by atoms with E-state index in [1.54, 1.807) is 0 Å². The third-order valence-corrected chi connectivity index (χ3v) is 5.13. The van der Waals surface area contributed by atoms with Crippen molar-refractivity contribution in [2.75, 3.05) is 0 Å². The minimum atomic E-state index is -0.212. The van der Waals surface area contributed by atoms with Crippen molar-refractivity contribution in [3.05, 3.63) is 60.2 Å². The van der Waals surface area contributed by atoms with Crippen LogP contribution in [0.15, 0.2) is 54.6 Å². The van der Waals surface area contributed by atoms with Gasteiger partial charge in [0.15, 0.2) is 0 Å². The molecule has 0 amide bonds. The van der Waals surface area contributed by atoms with E-state index in [0.717, 1.165) is 25.7 Å². The second-order valence-electron chi connectivity index (χ2n) is 8.51. The van der Waals surface area contributed by atoms with Gasteiger partial charge in [-0.25, -0.2) is 0 Å². The second kappa shape index (κ2) is 9.03. The summed E-state index contributed by atoms with van der Waals surface area (Å²) < 4.78 is 0. The van der Waals surface area contributed by atoms with Gasteiger partial charge in [-0.1, -0.05) is 54.6 Å². The molecule has 3 heteroatoms. The molecule has 0 radical (unpaired) electrons. The first-order valence-corrected chi connectivity index (χ1v) is 9.51. The van der Waals surface area contributed by atoms with Crippen LogP contribution in [0.2, 0.25) is 0 Å². The van der Waals surface area contributed by atoms with Crippen LogP contribution in [0.25, 0.3) is 11.1 Å². The number of nitrogens with one attached hydrogen (secondary N) is 1. The minimum Gasteiger partial charge on any atom is -0.392 e. The first-order valence-electron chi connectivity index (χ1n) is 9.51. The van der Waals surface area contributed by atoms with Crippen molar-refractivity contribution >= 4 is 12.4 Å². The van der Waals surface area contributed by atoms with Crippen LogP contribution in [0.5, 0.6) is 0 Å². The van der Waals surface area contributed by atoms with Gasteiger partial charge in [-0.05, 0) is 69.1 Å². The summed E-state index contributed by atoms with van der Waals surface area (Å²) in [6, 6.07) is 19.7. The Morgan fingerprint density at radius 3 is 2.15 bits per heavy atom. The van der Waals surface area contributed by atoms with Crippen molar-refractivity contribution in [2.24, 2.45) is 5.92 Å². The molecule has 0 heterocycles. The molecule has 1 saturated carbocycles. The van der Waals surface area contributed by atoms with Crippen LogP contribution in [0, 0.1) is 5.92 Å². The number of rotatable bonds is 4. The molecule has 3 rings (SSSR count). The van der Waals surface area contributed by atoms with Crippen LogP contribution in [0.3, 0.4) is 0 Å². The zero-order valence-corrected chi connectivity index (χ0v) is 16.9. The summed E-state index contributed by atoms with van der Waals surface area (Å²) in [5.74, 6) is 0.644. The zero-order chi connectivity index (χ0) is 17.9. The number of hydrogen-bond acceptors (Lipinski definition) is 2. The molecule has 142 valence electrons. The van der Waals surface area contributed by atoms with E-state index in [-0.39, 0.29) is 30.1 Å². The Labute approximate surface area is 164 Å². The van der Waals surface area contributed by atoms with E-state index in [1.807, 2.05) is 0 Å². The number of aliphatic hydroxyl groups is 1. The highest BCUT2D eigenvalue weighted by Gasteiger charge is 2.31. The lowest BCUT2D eigenvalue weighted by atomic mass is 9.79. The standard InChI is InChI=1S/C23H31NO.ClH/c1-23(2,3)24-21-16-18(11-14-22(21)25)15-17-9-12-20(13-10-17)19-7-5-4-6-8-19;/h4-10,12-13,18,21-22,24-25H,11,14-16H2,1-3H3;1H/t18-,21-,22-;/m0./s1. The molecule has 0 unspecified atom stereocenters. The maximum atomic E-state index is 10.3. The van der Waals surface area contributed by atoms with Gasteiger partial charge in [0.05, 0.1) is 6.10 Å².